The summed E-state index contributed by atoms with van der Waals surface area (Å²) in [5, 5.41) is 9.62. The highest BCUT2D eigenvalue weighted by Gasteiger charge is 2.16. The Morgan fingerprint density at radius 1 is 1.27 bits per heavy atom. The fraction of sp³-hybridized carbons (Fsp3) is 1.00. The van der Waals surface area contributed by atoms with Gasteiger partial charge in [-0.1, -0.05) is 55.2 Å². The molecule has 0 saturated heterocycles. The van der Waals surface area contributed by atoms with E-state index in [9.17, 15) is 5.11 Å². The molecule has 11 heavy (non-hydrogen) atoms. The Morgan fingerprint density at radius 3 is 2.36 bits per heavy atom. The molecule has 0 heterocycles. The molecule has 0 spiro atoms. The highest BCUT2D eigenvalue weighted by atomic mass is 127. The van der Waals surface area contributed by atoms with Gasteiger partial charge in [0, 0.05) is 4.43 Å². The Hall–Kier alpha value is 0.690. The van der Waals surface area contributed by atoms with E-state index in [-0.39, 0.29) is 0 Å². The summed E-state index contributed by atoms with van der Waals surface area (Å²) >= 11 is 2.24. The molecule has 1 atom stereocenters. The second-order valence-corrected chi connectivity index (χ2v) is 4.20. The fourth-order valence-electron chi connectivity index (χ4n) is 0.999. The Morgan fingerprint density at radius 2 is 1.91 bits per heavy atom. The first-order valence-electron chi connectivity index (χ1n) is 4.41. The molecule has 1 unspecified atom stereocenters. The van der Waals surface area contributed by atoms with Crippen LogP contribution in [0.3, 0.4) is 0 Å². The third-order valence-electron chi connectivity index (χ3n) is 1.86. The van der Waals surface area contributed by atoms with Gasteiger partial charge < -0.3 is 5.11 Å². The SMILES string of the molecule is CCCCCCC(C)(O)CI. The highest BCUT2D eigenvalue weighted by molar-refractivity contribution is 14.1. The van der Waals surface area contributed by atoms with Crippen LogP contribution in [0, 0.1) is 0 Å². The molecule has 0 fully saturated rings. The third-order valence-corrected chi connectivity index (χ3v) is 3.50. The zero-order valence-corrected chi connectivity index (χ0v) is 9.73. The van der Waals surface area contributed by atoms with Gasteiger partial charge in [0.25, 0.3) is 0 Å². The van der Waals surface area contributed by atoms with Gasteiger partial charge in [0.05, 0.1) is 5.60 Å². The average Bonchev–Trinajstić information content (AvgIpc) is 1.99. The Bertz CT molecular complexity index is 91.6. The van der Waals surface area contributed by atoms with E-state index in [0.717, 1.165) is 10.8 Å². The van der Waals surface area contributed by atoms with Crippen molar-refractivity contribution in [2.45, 2.75) is 51.6 Å². The molecule has 0 radical (unpaired) electrons. The van der Waals surface area contributed by atoms with Gasteiger partial charge in [-0.3, -0.25) is 0 Å². The quantitative estimate of drug-likeness (QED) is 0.446. The van der Waals surface area contributed by atoms with E-state index >= 15 is 0 Å². The van der Waals surface area contributed by atoms with Crippen LogP contribution in [-0.4, -0.2) is 15.1 Å². The van der Waals surface area contributed by atoms with E-state index in [2.05, 4.69) is 29.5 Å². The van der Waals surface area contributed by atoms with Gasteiger partial charge in [-0.2, -0.15) is 0 Å². The molecule has 0 rings (SSSR count). The van der Waals surface area contributed by atoms with E-state index in [0.29, 0.717) is 0 Å². The van der Waals surface area contributed by atoms with E-state index in [4.69, 9.17) is 0 Å². The number of aliphatic hydroxyl groups is 1. The van der Waals surface area contributed by atoms with Crippen molar-refractivity contribution >= 4 is 22.6 Å². The van der Waals surface area contributed by atoms with Gasteiger partial charge in [0.15, 0.2) is 0 Å². The van der Waals surface area contributed by atoms with Crippen molar-refractivity contribution in [2.75, 3.05) is 4.43 Å². The summed E-state index contributed by atoms with van der Waals surface area (Å²) in [5.74, 6) is 0. The predicted octanol–water partition coefficient (Wildman–Crippen LogP) is 3.14. The van der Waals surface area contributed by atoms with Gasteiger partial charge >= 0.3 is 0 Å². The van der Waals surface area contributed by atoms with Crippen molar-refractivity contribution in [1.82, 2.24) is 0 Å². The molecule has 1 N–H and O–H groups in total. The Kier molecular flexibility index (Phi) is 6.62. The van der Waals surface area contributed by atoms with Crippen molar-refractivity contribution in [3.05, 3.63) is 0 Å². The lowest BCUT2D eigenvalue weighted by Crippen LogP contribution is -2.25. The van der Waals surface area contributed by atoms with Crippen molar-refractivity contribution in [3.8, 4) is 0 Å². The summed E-state index contributed by atoms with van der Waals surface area (Å²) < 4.78 is 0.844. The molecule has 0 aliphatic carbocycles. The monoisotopic (exact) mass is 270 g/mol. The van der Waals surface area contributed by atoms with E-state index < -0.39 is 5.60 Å². The van der Waals surface area contributed by atoms with Gasteiger partial charge in [-0.15, -0.1) is 0 Å². The van der Waals surface area contributed by atoms with Gasteiger partial charge in [0.2, 0.25) is 0 Å². The summed E-state index contributed by atoms with van der Waals surface area (Å²) in [6.07, 6.45) is 5.97. The van der Waals surface area contributed by atoms with Crippen LogP contribution in [0.4, 0.5) is 0 Å². The molecule has 2 heteroatoms. The maximum Gasteiger partial charge on any atom is 0.0708 e. The second-order valence-electron chi connectivity index (χ2n) is 3.44. The predicted molar refractivity (Wildman–Crippen MR) is 58.3 cm³/mol. The minimum Gasteiger partial charge on any atom is -0.389 e. The molecule has 0 aromatic carbocycles. The molecular formula is C9H19IO. The third kappa shape index (κ3) is 7.06. The van der Waals surface area contributed by atoms with Crippen molar-refractivity contribution in [2.24, 2.45) is 0 Å². The van der Waals surface area contributed by atoms with E-state index in [1.54, 1.807) is 0 Å². The molecule has 0 bridgehead atoms. The summed E-state index contributed by atoms with van der Waals surface area (Å²) in [5.41, 5.74) is -0.422. The summed E-state index contributed by atoms with van der Waals surface area (Å²) in [4.78, 5) is 0. The maximum absolute atomic E-state index is 9.62. The Balaban J connectivity index is 3.23. The lowest BCUT2D eigenvalue weighted by molar-refractivity contribution is 0.0761. The molecule has 0 saturated carbocycles. The van der Waals surface area contributed by atoms with Crippen LogP contribution < -0.4 is 0 Å². The van der Waals surface area contributed by atoms with Gasteiger partial charge in [-0.05, 0) is 13.3 Å². The van der Waals surface area contributed by atoms with Crippen LogP contribution in [0.25, 0.3) is 0 Å². The zero-order valence-electron chi connectivity index (χ0n) is 7.57. The Labute approximate surface area is 83.7 Å². The number of rotatable bonds is 6. The van der Waals surface area contributed by atoms with Crippen LogP contribution in [0.5, 0.6) is 0 Å². The van der Waals surface area contributed by atoms with Crippen LogP contribution >= 0.6 is 22.6 Å². The van der Waals surface area contributed by atoms with E-state index in [1.807, 2.05) is 6.92 Å². The molecule has 0 aliphatic rings. The van der Waals surface area contributed by atoms with Crippen molar-refractivity contribution in [3.63, 3.8) is 0 Å². The maximum atomic E-state index is 9.62. The molecule has 0 aromatic rings. The van der Waals surface area contributed by atoms with Crippen molar-refractivity contribution in [1.29, 1.82) is 0 Å². The lowest BCUT2D eigenvalue weighted by atomic mass is 10.0. The number of halogens is 1. The first kappa shape index (κ1) is 11.7. The smallest absolute Gasteiger partial charge is 0.0708 e. The van der Waals surface area contributed by atoms with Crippen LogP contribution in [0.15, 0.2) is 0 Å². The zero-order chi connectivity index (χ0) is 8.74. The molecule has 68 valence electrons. The molecular weight excluding hydrogens is 251 g/mol. The minimum atomic E-state index is -0.422. The number of hydrogen-bond acceptors (Lipinski definition) is 1. The topological polar surface area (TPSA) is 20.2 Å². The normalized spacial score (nSPS) is 16.4. The second kappa shape index (κ2) is 6.23. The largest absolute Gasteiger partial charge is 0.389 e. The molecule has 0 amide bonds. The summed E-state index contributed by atoms with van der Waals surface area (Å²) in [6, 6.07) is 0. The lowest BCUT2D eigenvalue weighted by Gasteiger charge is -2.19. The van der Waals surface area contributed by atoms with Crippen LogP contribution in [-0.2, 0) is 0 Å². The van der Waals surface area contributed by atoms with Crippen molar-refractivity contribution < 1.29 is 5.11 Å². The average molecular weight is 270 g/mol. The molecule has 0 aromatic heterocycles. The first-order valence-corrected chi connectivity index (χ1v) is 5.93. The van der Waals surface area contributed by atoms with Crippen LogP contribution in [0.2, 0.25) is 0 Å². The minimum absolute atomic E-state index is 0.422. The molecule has 1 nitrogen and oxygen atoms in total. The number of hydrogen-bond donors (Lipinski definition) is 1. The van der Waals surface area contributed by atoms with Gasteiger partial charge in [0.1, 0.15) is 0 Å². The number of unbranched alkanes of at least 4 members (excludes halogenated alkanes) is 3. The summed E-state index contributed by atoms with van der Waals surface area (Å²) in [7, 11) is 0. The standard InChI is InChI=1S/C9H19IO/c1-3-4-5-6-7-9(2,11)8-10/h11H,3-8H2,1-2H3. The number of alkyl halides is 1. The van der Waals surface area contributed by atoms with Gasteiger partial charge in [-0.25, -0.2) is 0 Å². The summed E-state index contributed by atoms with van der Waals surface area (Å²) in [6.45, 7) is 4.13. The van der Waals surface area contributed by atoms with Crippen LogP contribution in [0.1, 0.15) is 46.0 Å². The first-order chi connectivity index (χ1) is 5.12. The fourth-order valence-corrected chi connectivity index (χ4v) is 1.38. The molecule has 0 aliphatic heterocycles. The van der Waals surface area contributed by atoms with E-state index in [1.165, 1.54) is 25.7 Å². The highest BCUT2D eigenvalue weighted by Crippen LogP contribution is 2.17.